The highest BCUT2D eigenvalue weighted by Gasteiger charge is 2.22. The molecule has 0 saturated carbocycles. The Bertz CT molecular complexity index is 963. The summed E-state index contributed by atoms with van der Waals surface area (Å²) in [5, 5.41) is 11.9. The largest absolute Gasteiger partial charge is 0.319 e. The maximum absolute atomic E-state index is 12.7. The highest BCUT2D eigenvalue weighted by molar-refractivity contribution is 6.33. The van der Waals surface area contributed by atoms with Crippen molar-refractivity contribution in [1.29, 1.82) is 0 Å². The number of hydrogen-bond donors (Lipinski definition) is 1. The van der Waals surface area contributed by atoms with E-state index in [1.54, 1.807) is 28.7 Å². The van der Waals surface area contributed by atoms with Crippen molar-refractivity contribution in [2.75, 3.05) is 5.32 Å². The van der Waals surface area contributed by atoms with Gasteiger partial charge in [0, 0.05) is 6.20 Å². The molecule has 0 aliphatic rings. The molecular weight excluding hydrogens is 362 g/mol. The number of carbonyl (C=O) groups excluding carboxylic acids is 1. The lowest BCUT2D eigenvalue weighted by atomic mass is 10.1. The summed E-state index contributed by atoms with van der Waals surface area (Å²) in [6.07, 6.45) is 3.43. The van der Waals surface area contributed by atoms with Gasteiger partial charge in [-0.05, 0) is 40.2 Å². The zero-order chi connectivity index (χ0) is 19.8. The fraction of sp³-hybridized carbons (Fsp3) is 0.350. The molecule has 0 atom stereocenters. The van der Waals surface area contributed by atoms with E-state index < -0.39 is 0 Å². The van der Waals surface area contributed by atoms with Crippen LogP contribution in [0.1, 0.15) is 48.0 Å². The first-order chi connectivity index (χ1) is 12.6. The van der Waals surface area contributed by atoms with Gasteiger partial charge < -0.3 is 5.32 Å². The lowest BCUT2D eigenvalue weighted by Gasteiger charge is -2.18. The predicted molar refractivity (Wildman–Crippen MR) is 107 cm³/mol. The molecule has 0 fully saturated rings. The van der Waals surface area contributed by atoms with Crippen LogP contribution in [0.5, 0.6) is 0 Å². The highest BCUT2D eigenvalue weighted by atomic mass is 35.5. The van der Waals surface area contributed by atoms with Crippen molar-refractivity contribution in [2.45, 2.75) is 46.7 Å². The van der Waals surface area contributed by atoms with Crippen LogP contribution < -0.4 is 5.32 Å². The molecule has 0 bridgehead atoms. The van der Waals surface area contributed by atoms with Crippen LogP contribution in [0.15, 0.2) is 36.7 Å². The number of aromatic nitrogens is 4. The Labute approximate surface area is 164 Å². The van der Waals surface area contributed by atoms with Gasteiger partial charge >= 0.3 is 0 Å². The number of nitrogens with one attached hydrogen (secondary N) is 1. The minimum absolute atomic E-state index is 0.157. The van der Waals surface area contributed by atoms with Gasteiger partial charge in [0.2, 0.25) is 0 Å². The Morgan fingerprint density at radius 1 is 1.19 bits per heavy atom. The van der Waals surface area contributed by atoms with Crippen LogP contribution in [-0.4, -0.2) is 25.5 Å². The molecule has 2 heterocycles. The van der Waals surface area contributed by atoms with Crippen molar-refractivity contribution in [3.05, 3.63) is 64.2 Å². The Morgan fingerprint density at radius 2 is 1.85 bits per heavy atom. The van der Waals surface area contributed by atoms with Gasteiger partial charge in [0.05, 0.1) is 35.2 Å². The molecule has 0 saturated heterocycles. The van der Waals surface area contributed by atoms with Gasteiger partial charge in [0.1, 0.15) is 5.15 Å². The molecular formula is C20H24ClN5O. The second-order valence-corrected chi connectivity index (χ2v) is 8.05. The second kappa shape index (κ2) is 7.19. The first kappa shape index (κ1) is 19.2. The summed E-state index contributed by atoms with van der Waals surface area (Å²) < 4.78 is 3.45. The van der Waals surface area contributed by atoms with E-state index >= 15 is 0 Å². The van der Waals surface area contributed by atoms with E-state index in [4.69, 9.17) is 11.6 Å². The van der Waals surface area contributed by atoms with Crippen molar-refractivity contribution in [2.24, 2.45) is 0 Å². The summed E-state index contributed by atoms with van der Waals surface area (Å²) in [6.45, 7) is 10.5. The summed E-state index contributed by atoms with van der Waals surface area (Å²) in [5.41, 5.74) is 3.70. The van der Waals surface area contributed by atoms with Gasteiger partial charge in [-0.25, -0.2) is 4.68 Å². The minimum Gasteiger partial charge on any atom is -0.319 e. The fourth-order valence-electron chi connectivity index (χ4n) is 2.73. The van der Waals surface area contributed by atoms with Crippen LogP contribution in [-0.2, 0) is 12.1 Å². The standard InChI is InChI=1S/C20H24ClN5O/c1-13-6-8-15(9-7-13)11-25-18(21)17(14(2)24-25)19(27)23-16-10-22-26(12-16)20(3,4)5/h6-10,12H,11H2,1-5H3,(H,23,27). The van der Waals surface area contributed by atoms with Crippen LogP contribution in [0.25, 0.3) is 0 Å². The molecule has 7 heteroatoms. The summed E-state index contributed by atoms with van der Waals surface area (Å²) in [6, 6.07) is 8.15. The monoisotopic (exact) mass is 385 g/mol. The second-order valence-electron chi connectivity index (χ2n) is 7.69. The molecule has 1 amide bonds. The quantitative estimate of drug-likeness (QED) is 0.723. The van der Waals surface area contributed by atoms with E-state index in [-0.39, 0.29) is 11.4 Å². The van der Waals surface area contributed by atoms with Crippen molar-refractivity contribution in [3.63, 3.8) is 0 Å². The average molecular weight is 386 g/mol. The fourth-order valence-corrected chi connectivity index (χ4v) is 3.05. The molecule has 3 rings (SSSR count). The lowest BCUT2D eigenvalue weighted by Crippen LogP contribution is -2.22. The third-order valence-corrected chi connectivity index (χ3v) is 4.66. The number of hydrogen-bond acceptors (Lipinski definition) is 3. The molecule has 0 spiro atoms. The zero-order valence-corrected chi connectivity index (χ0v) is 17.0. The smallest absolute Gasteiger partial charge is 0.260 e. The van der Waals surface area contributed by atoms with Gasteiger partial charge in [-0.2, -0.15) is 10.2 Å². The molecule has 1 N–H and O–H groups in total. The zero-order valence-electron chi connectivity index (χ0n) is 16.2. The molecule has 2 aromatic heterocycles. The van der Waals surface area contributed by atoms with Crippen LogP contribution in [0.4, 0.5) is 5.69 Å². The van der Waals surface area contributed by atoms with Crippen LogP contribution in [0.2, 0.25) is 5.15 Å². The van der Waals surface area contributed by atoms with Crippen molar-refractivity contribution in [1.82, 2.24) is 19.6 Å². The molecule has 6 nitrogen and oxygen atoms in total. The van der Waals surface area contributed by atoms with E-state index in [9.17, 15) is 4.79 Å². The summed E-state index contributed by atoms with van der Waals surface area (Å²) in [5.74, 6) is -0.291. The summed E-state index contributed by atoms with van der Waals surface area (Å²) in [7, 11) is 0. The van der Waals surface area contributed by atoms with E-state index in [1.807, 2.05) is 52.0 Å². The number of amides is 1. The van der Waals surface area contributed by atoms with Gasteiger partial charge in [0.25, 0.3) is 5.91 Å². The van der Waals surface area contributed by atoms with E-state index in [0.29, 0.717) is 28.6 Å². The highest BCUT2D eigenvalue weighted by Crippen LogP contribution is 2.23. The topological polar surface area (TPSA) is 64.7 Å². The Hall–Kier alpha value is -2.60. The number of carbonyl (C=O) groups is 1. The molecule has 0 aliphatic heterocycles. The molecule has 1 aromatic carbocycles. The van der Waals surface area contributed by atoms with Gasteiger partial charge in [-0.1, -0.05) is 41.4 Å². The number of rotatable bonds is 4. The Kier molecular flexibility index (Phi) is 5.11. The average Bonchev–Trinajstić information content (AvgIpc) is 3.14. The number of halogens is 1. The van der Waals surface area contributed by atoms with Gasteiger partial charge in [-0.3, -0.25) is 9.48 Å². The number of aryl methyl sites for hydroxylation is 2. The van der Waals surface area contributed by atoms with Crippen molar-refractivity contribution < 1.29 is 4.79 Å². The molecule has 0 radical (unpaired) electrons. The normalized spacial score (nSPS) is 11.6. The van der Waals surface area contributed by atoms with Crippen LogP contribution in [0, 0.1) is 13.8 Å². The predicted octanol–water partition coefficient (Wildman–Crippen LogP) is 4.41. The maximum Gasteiger partial charge on any atom is 0.260 e. The Morgan fingerprint density at radius 3 is 2.44 bits per heavy atom. The third kappa shape index (κ3) is 4.22. The molecule has 0 unspecified atom stereocenters. The maximum atomic E-state index is 12.7. The van der Waals surface area contributed by atoms with Gasteiger partial charge in [0.15, 0.2) is 0 Å². The van der Waals surface area contributed by atoms with Crippen molar-refractivity contribution >= 4 is 23.2 Å². The minimum atomic E-state index is -0.291. The molecule has 142 valence electrons. The first-order valence-corrected chi connectivity index (χ1v) is 9.18. The van der Waals surface area contributed by atoms with Crippen LogP contribution >= 0.6 is 11.6 Å². The lowest BCUT2D eigenvalue weighted by molar-refractivity contribution is 0.102. The molecule has 0 aliphatic carbocycles. The summed E-state index contributed by atoms with van der Waals surface area (Å²) >= 11 is 6.47. The van der Waals surface area contributed by atoms with E-state index in [0.717, 1.165) is 5.56 Å². The van der Waals surface area contributed by atoms with Crippen molar-refractivity contribution in [3.8, 4) is 0 Å². The number of benzene rings is 1. The van der Waals surface area contributed by atoms with E-state index in [2.05, 4.69) is 15.5 Å². The Balaban J connectivity index is 1.80. The van der Waals surface area contributed by atoms with Crippen LogP contribution in [0.3, 0.4) is 0 Å². The van der Waals surface area contributed by atoms with E-state index in [1.165, 1.54) is 5.56 Å². The first-order valence-electron chi connectivity index (χ1n) is 8.80. The molecule has 27 heavy (non-hydrogen) atoms. The number of anilines is 1. The number of nitrogens with zero attached hydrogens (tertiary/aromatic N) is 4. The molecule has 3 aromatic rings. The third-order valence-electron chi connectivity index (χ3n) is 4.27. The van der Waals surface area contributed by atoms with Gasteiger partial charge in [-0.15, -0.1) is 0 Å². The summed E-state index contributed by atoms with van der Waals surface area (Å²) in [4.78, 5) is 12.7. The SMILES string of the molecule is Cc1ccc(Cn2nc(C)c(C(=O)Nc3cnn(C(C)(C)C)c3)c2Cl)cc1.